The summed E-state index contributed by atoms with van der Waals surface area (Å²) in [7, 11) is 0. The van der Waals surface area contributed by atoms with Gasteiger partial charge >= 0.3 is 0 Å². The molecule has 4 atom stereocenters. The second-order valence-corrected chi connectivity index (χ2v) is 6.75. The molecule has 0 aliphatic heterocycles. The van der Waals surface area contributed by atoms with Crippen LogP contribution in [-0.2, 0) is 4.79 Å². The molecule has 0 saturated heterocycles. The Hall–Kier alpha value is -2.98. The molecule has 2 aromatic heterocycles. The van der Waals surface area contributed by atoms with Crippen molar-refractivity contribution in [1.82, 2.24) is 9.97 Å². The van der Waals surface area contributed by atoms with E-state index in [4.69, 9.17) is 6.52 Å². The minimum Gasteiger partial charge on any atom is -0.394 e. The minimum absolute atomic E-state index is 0.173. The molecule has 0 radical (unpaired) electrons. The summed E-state index contributed by atoms with van der Waals surface area (Å²) in [6.45, 7) is 0.984. The molecule has 9 heteroatoms. The van der Waals surface area contributed by atoms with Crippen molar-refractivity contribution in [2.45, 2.75) is 31.3 Å². The monoisotopic (exact) mass is 402 g/mol. The van der Waals surface area contributed by atoms with Gasteiger partial charge in [0.05, 0.1) is 23.4 Å². The van der Waals surface area contributed by atoms with Crippen LogP contribution in [0.3, 0.4) is 0 Å². The lowest BCUT2D eigenvalue weighted by molar-refractivity contribution is -0.117. The van der Waals surface area contributed by atoms with Gasteiger partial charge in [-0.1, -0.05) is 6.07 Å². The lowest BCUT2D eigenvalue weighted by Gasteiger charge is -2.27. The van der Waals surface area contributed by atoms with Gasteiger partial charge in [-0.2, -0.15) is 0 Å². The number of hydrogen-bond acceptors (Lipinski definition) is 7. The van der Waals surface area contributed by atoms with Crippen LogP contribution in [0.4, 0.5) is 5.69 Å². The number of carbonyl (C=O) groups is 1. The first-order valence-corrected chi connectivity index (χ1v) is 8.99. The summed E-state index contributed by atoms with van der Waals surface area (Å²) >= 11 is 0. The zero-order valence-corrected chi connectivity index (χ0v) is 15.6. The number of aliphatic hydroxyl groups is 4. The van der Waals surface area contributed by atoms with Crippen LogP contribution in [0.25, 0.3) is 22.2 Å². The molecule has 29 heavy (non-hydrogen) atoms. The molecule has 3 rings (SSSR count). The van der Waals surface area contributed by atoms with E-state index >= 15 is 0 Å². The summed E-state index contributed by atoms with van der Waals surface area (Å²) in [6.07, 6.45) is -3.35. The molecular formula is C20H23N3O6. The molecule has 7 N–H and O–H groups in total. The number of aromatic amines is 2. The van der Waals surface area contributed by atoms with Crippen molar-refractivity contribution in [2.75, 3.05) is 11.9 Å². The second-order valence-electron chi connectivity index (χ2n) is 6.75. The van der Waals surface area contributed by atoms with E-state index in [1.165, 1.54) is 12.1 Å². The van der Waals surface area contributed by atoms with Crippen molar-refractivity contribution in [3.63, 3.8) is 0 Å². The highest BCUT2D eigenvalue weighted by Crippen LogP contribution is 2.26. The van der Waals surface area contributed by atoms with Gasteiger partial charge < -0.3 is 40.5 Å². The molecule has 1 aromatic carbocycles. The number of carbonyl (C=O) groups excluding carboxylic acids is 1. The molecule has 0 unspecified atom stereocenters. The largest absolute Gasteiger partial charge is 0.394 e. The summed E-state index contributed by atoms with van der Waals surface area (Å²) in [5, 5.41) is 39.9. The Bertz CT molecular complexity index is 1080. The Kier molecular flexibility index (Phi) is 5.72. The van der Waals surface area contributed by atoms with Gasteiger partial charge in [0.2, 0.25) is 0 Å². The summed E-state index contributed by atoms with van der Waals surface area (Å²) in [6, 6.07) is 6.74. The van der Waals surface area contributed by atoms with Gasteiger partial charge in [0.15, 0.2) is 1.41 Å². The van der Waals surface area contributed by atoms with Crippen LogP contribution in [0.2, 0.25) is 1.41 Å². The van der Waals surface area contributed by atoms with Gasteiger partial charge in [0.1, 0.15) is 30.6 Å². The number of hydrogen-bond donors (Lipinski definition) is 7. The van der Waals surface area contributed by atoms with E-state index in [-0.39, 0.29) is 17.5 Å². The molecule has 0 aliphatic rings. The van der Waals surface area contributed by atoms with Crippen molar-refractivity contribution in [1.29, 1.82) is 0 Å². The van der Waals surface area contributed by atoms with Gasteiger partial charge in [0, 0.05) is 17.3 Å². The summed E-state index contributed by atoms with van der Waals surface area (Å²) in [4.78, 5) is 29.9. The number of rotatable bonds is 8. The molecule has 9 nitrogen and oxygen atoms in total. The van der Waals surface area contributed by atoms with Gasteiger partial charge in [-0.15, -0.1) is 0 Å². The summed E-state index contributed by atoms with van der Waals surface area (Å²) in [5.41, 5.74) is 2.16. The fourth-order valence-electron chi connectivity index (χ4n) is 3.24. The first kappa shape index (κ1) is 19.3. The third-order valence-corrected chi connectivity index (χ3v) is 4.84. The standard InChI is InChI=1S/C20H23N3O6/c1-10-12-5-4-11(22-15(8-24)18(27)19(28)16(26)9-25)7-14(12)23-20(29)17(10)13-3-2-6-21-13/h2-8,15-16,18-19,21-22,25-28H,9H2,1H3,(H,23,29)/t15-,16+,18+,19+/m0/s1/i/hD. The van der Waals surface area contributed by atoms with E-state index in [0.717, 1.165) is 10.9 Å². The number of aromatic nitrogens is 2. The Labute approximate surface area is 167 Å². The van der Waals surface area contributed by atoms with Crippen molar-refractivity contribution in [2.24, 2.45) is 0 Å². The van der Waals surface area contributed by atoms with E-state index in [0.29, 0.717) is 22.1 Å². The van der Waals surface area contributed by atoms with E-state index < -0.39 is 31.0 Å². The Morgan fingerprint density at radius 3 is 2.62 bits per heavy atom. The van der Waals surface area contributed by atoms with Gasteiger partial charge in [-0.3, -0.25) is 4.79 Å². The molecule has 0 fully saturated rings. The predicted molar refractivity (Wildman–Crippen MR) is 108 cm³/mol. The smallest absolute Gasteiger partial charge is 0.258 e. The highest BCUT2D eigenvalue weighted by molar-refractivity contribution is 5.90. The average molecular weight is 402 g/mol. The number of aliphatic hydroxyl groups excluding tert-OH is 4. The van der Waals surface area contributed by atoms with Crippen LogP contribution in [0, 0.1) is 6.92 Å². The van der Waals surface area contributed by atoms with Crippen LogP contribution in [0.1, 0.15) is 5.56 Å². The molecule has 2 heterocycles. The maximum absolute atomic E-state index is 12.6. The number of pyridine rings is 1. The average Bonchev–Trinajstić information content (AvgIpc) is 3.26. The lowest BCUT2D eigenvalue weighted by atomic mass is 10.0. The molecular weight excluding hydrogens is 378 g/mol. The zero-order chi connectivity index (χ0) is 22.0. The number of fused-ring (bicyclic) bond motifs is 1. The molecule has 0 bridgehead atoms. The van der Waals surface area contributed by atoms with Crippen molar-refractivity contribution < 1.29 is 26.6 Å². The van der Waals surface area contributed by atoms with E-state index in [1.54, 1.807) is 31.3 Å². The molecule has 154 valence electrons. The van der Waals surface area contributed by atoms with Gasteiger partial charge in [-0.25, -0.2) is 0 Å². The summed E-state index contributed by atoms with van der Waals surface area (Å²) in [5.74, 6) is 0. The normalized spacial score (nSPS) is 16.1. The minimum atomic E-state index is -1.83. The number of H-pyrrole nitrogens is 2. The zero-order valence-electron chi connectivity index (χ0n) is 16.6. The first-order valence-electron chi connectivity index (χ1n) is 9.43. The van der Waals surface area contributed by atoms with E-state index in [9.17, 15) is 24.9 Å². The summed E-state index contributed by atoms with van der Waals surface area (Å²) < 4.78 is 8.22. The number of aldehydes is 1. The lowest BCUT2D eigenvalue weighted by Crippen LogP contribution is -2.49. The van der Waals surface area contributed by atoms with Crippen LogP contribution >= 0.6 is 0 Å². The fourth-order valence-corrected chi connectivity index (χ4v) is 3.24. The van der Waals surface area contributed by atoms with Crippen LogP contribution in [0.5, 0.6) is 0 Å². The molecule has 0 amide bonds. The number of aryl methyl sites for hydroxylation is 1. The van der Waals surface area contributed by atoms with Crippen molar-refractivity contribution in [3.8, 4) is 11.3 Å². The van der Waals surface area contributed by atoms with Crippen LogP contribution in [-0.4, -0.2) is 67.6 Å². The Morgan fingerprint density at radius 2 is 2.00 bits per heavy atom. The topological polar surface area (TPSA) is 159 Å². The number of nitrogens with one attached hydrogen (secondary N) is 3. The molecule has 0 spiro atoms. The quantitative estimate of drug-likeness (QED) is 0.259. The highest BCUT2D eigenvalue weighted by Gasteiger charge is 2.31. The fraction of sp³-hybridized carbons (Fsp3) is 0.300. The second kappa shape index (κ2) is 8.58. The van der Waals surface area contributed by atoms with E-state index in [1.807, 2.05) is 0 Å². The molecule has 0 aliphatic carbocycles. The Balaban J connectivity index is 1.99. The first-order chi connectivity index (χ1) is 14.3. The maximum atomic E-state index is 12.6. The predicted octanol–water partition coefficient (Wildman–Crippen LogP) is -0.114. The third kappa shape index (κ3) is 4.08. The van der Waals surface area contributed by atoms with Gasteiger partial charge in [0.25, 0.3) is 5.56 Å². The maximum Gasteiger partial charge on any atom is 0.258 e. The Morgan fingerprint density at radius 1 is 1.24 bits per heavy atom. The van der Waals surface area contributed by atoms with Crippen LogP contribution in [0.15, 0.2) is 41.3 Å². The SMILES string of the molecule is [2H]N(c1ccc2c(C)c(-c3ccc[nH]3)c(=O)[nH]c2c1)[C@@H](C=O)[C@@H](O)[C@H](O)[C@H](O)CO. The van der Waals surface area contributed by atoms with Gasteiger partial charge in [-0.05, 0) is 36.8 Å². The molecule has 0 saturated carbocycles. The third-order valence-electron chi connectivity index (χ3n) is 4.84. The molecule has 3 aromatic rings. The van der Waals surface area contributed by atoms with E-state index in [2.05, 4.69) is 9.97 Å². The number of benzene rings is 1. The van der Waals surface area contributed by atoms with Crippen molar-refractivity contribution >= 4 is 22.9 Å². The highest BCUT2D eigenvalue weighted by atomic mass is 16.4. The van der Waals surface area contributed by atoms with Crippen LogP contribution < -0.4 is 10.9 Å². The number of anilines is 1. The van der Waals surface area contributed by atoms with Crippen molar-refractivity contribution in [3.05, 3.63) is 52.4 Å².